The van der Waals surface area contributed by atoms with Crippen molar-refractivity contribution < 1.29 is 28.6 Å². The van der Waals surface area contributed by atoms with Crippen LogP contribution in [-0.4, -0.2) is 49.2 Å². The molecule has 0 saturated heterocycles. The van der Waals surface area contributed by atoms with Crippen molar-refractivity contribution in [2.45, 2.75) is 46.5 Å². The minimum absolute atomic E-state index is 0.129. The molecule has 1 heterocycles. The Morgan fingerprint density at radius 3 is 2.19 bits per heavy atom. The zero-order chi connectivity index (χ0) is 23.0. The van der Waals surface area contributed by atoms with Crippen LogP contribution in [0.2, 0.25) is 0 Å². The first-order valence-corrected chi connectivity index (χ1v) is 10.6. The van der Waals surface area contributed by atoms with Crippen LogP contribution in [0.1, 0.15) is 53.6 Å². The van der Waals surface area contributed by atoms with Crippen LogP contribution in [-0.2, 0) is 11.2 Å². The first kappa shape index (κ1) is 24.3. The fraction of sp³-hybridized carbons (Fsp3) is 0.500. The zero-order valence-corrected chi connectivity index (χ0v) is 19.1. The molecule has 1 aromatic heterocycles. The third-order valence-corrected chi connectivity index (χ3v) is 5.42. The van der Waals surface area contributed by atoms with Gasteiger partial charge in [-0.25, -0.2) is 0 Å². The van der Waals surface area contributed by atoms with E-state index in [0.717, 1.165) is 29.9 Å². The highest BCUT2D eigenvalue weighted by atomic mass is 16.5. The van der Waals surface area contributed by atoms with Gasteiger partial charge in [0.1, 0.15) is 23.0 Å². The number of carbonyl (C=O) groups excluding carboxylic acids is 1. The summed E-state index contributed by atoms with van der Waals surface area (Å²) in [7, 11) is 3.12. The number of carbonyl (C=O) groups is 2. The molecule has 0 aliphatic carbocycles. The summed E-state index contributed by atoms with van der Waals surface area (Å²) in [6.45, 7) is 6.48. The number of hydrogen-bond acceptors (Lipinski definition) is 5. The Morgan fingerprint density at radius 1 is 1.06 bits per heavy atom. The number of hydrogen-bond donors (Lipinski definition) is 1. The standard InChI is InChI=1S/C24H33NO6/c1-16(24(27)28)8-6-12-25(13-7-9-20-11-10-17(2)31-20)23(26)19-14-21(29-4)18(3)22(15-19)30-5/h10-11,14-16H,6-9,12-13H2,1-5H3,(H,27,28). The molecule has 0 radical (unpaired) electrons. The quantitative estimate of drug-likeness (QED) is 0.533. The molecule has 1 unspecified atom stereocenters. The third-order valence-electron chi connectivity index (χ3n) is 5.42. The minimum Gasteiger partial charge on any atom is -0.496 e. The number of benzene rings is 1. The molecule has 170 valence electrons. The van der Waals surface area contributed by atoms with Gasteiger partial charge in [0.25, 0.3) is 5.91 Å². The molecule has 0 aliphatic heterocycles. The van der Waals surface area contributed by atoms with Crippen molar-refractivity contribution in [1.82, 2.24) is 4.90 Å². The van der Waals surface area contributed by atoms with Gasteiger partial charge in [-0.05, 0) is 57.4 Å². The molecule has 0 bridgehead atoms. The largest absolute Gasteiger partial charge is 0.496 e. The average Bonchev–Trinajstić information content (AvgIpc) is 3.17. The molecule has 31 heavy (non-hydrogen) atoms. The predicted molar refractivity (Wildman–Crippen MR) is 118 cm³/mol. The second-order valence-corrected chi connectivity index (χ2v) is 7.80. The summed E-state index contributed by atoms with van der Waals surface area (Å²) in [5.74, 6) is 1.55. The Morgan fingerprint density at radius 2 is 1.68 bits per heavy atom. The molecule has 7 nitrogen and oxygen atoms in total. The molecule has 1 atom stereocenters. The van der Waals surface area contributed by atoms with E-state index < -0.39 is 11.9 Å². The van der Waals surface area contributed by atoms with Crippen molar-refractivity contribution in [3.05, 3.63) is 46.9 Å². The molecule has 1 aromatic carbocycles. The van der Waals surface area contributed by atoms with E-state index in [2.05, 4.69) is 0 Å². The van der Waals surface area contributed by atoms with Crippen LogP contribution in [0.3, 0.4) is 0 Å². The second-order valence-electron chi connectivity index (χ2n) is 7.80. The van der Waals surface area contributed by atoms with Crippen LogP contribution >= 0.6 is 0 Å². The molecule has 7 heteroatoms. The molecule has 0 spiro atoms. The number of aryl methyl sites for hydroxylation is 2. The van der Waals surface area contributed by atoms with E-state index in [-0.39, 0.29) is 5.91 Å². The van der Waals surface area contributed by atoms with Gasteiger partial charge >= 0.3 is 5.97 Å². The van der Waals surface area contributed by atoms with Gasteiger partial charge in [-0.2, -0.15) is 0 Å². The van der Waals surface area contributed by atoms with Crippen molar-refractivity contribution >= 4 is 11.9 Å². The summed E-state index contributed by atoms with van der Waals surface area (Å²) in [6, 6.07) is 7.33. The van der Waals surface area contributed by atoms with Gasteiger partial charge in [0.2, 0.25) is 0 Å². The maximum atomic E-state index is 13.3. The molecule has 0 aliphatic rings. The fourth-order valence-corrected chi connectivity index (χ4v) is 3.48. The van der Waals surface area contributed by atoms with E-state index in [4.69, 9.17) is 19.0 Å². The SMILES string of the molecule is COc1cc(C(=O)N(CCCc2ccc(C)o2)CCCC(C)C(=O)O)cc(OC)c1C. The van der Waals surface area contributed by atoms with Gasteiger partial charge in [0.05, 0.1) is 20.1 Å². The minimum atomic E-state index is -0.820. The summed E-state index contributed by atoms with van der Waals surface area (Å²) in [5.41, 5.74) is 1.32. The summed E-state index contributed by atoms with van der Waals surface area (Å²) in [6.07, 6.45) is 2.59. The van der Waals surface area contributed by atoms with Crippen LogP contribution in [0.5, 0.6) is 11.5 Å². The van der Waals surface area contributed by atoms with Crippen LogP contribution in [0.25, 0.3) is 0 Å². The lowest BCUT2D eigenvalue weighted by atomic mass is 10.0. The van der Waals surface area contributed by atoms with Crippen LogP contribution in [0, 0.1) is 19.8 Å². The van der Waals surface area contributed by atoms with Gasteiger partial charge in [0, 0.05) is 30.6 Å². The normalized spacial score (nSPS) is 11.8. The molecular formula is C24H33NO6. The Labute approximate surface area is 183 Å². The van der Waals surface area contributed by atoms with Gasteiger partial charge in [-0.15, -0.1) is 0 Å². The number of carboxylic acid groups (broad SMARTS) is 1. The first-order chi connectivity index (χ1) is 14.8. The van der Waals surface area contributed by atoms with Crippen LogP contribution in [0.4, 0.5) is 0 Å². The smallest absolute Gasteiger partial charge is 0.306 e. The second kappa shape index (κ2) is 11.4. The molecular weight excluding hydrogens is 398 g/mol. The Hall–Kier alpha value is -2.96. The molecule has 1 N–H and O–H groups in total. The van der Waals surface area contributed by atoms with Gasteiger partial charge in [-0.1, -0.05) is 6.92 Å². The van der Waals surface area contributed by atoms with Crippen LogP contribution in [0.15, 0.2) is 28.7 Å². The lowest BCUT2D eigenvalue weighted by molar-refractivity contribution is -0.141. The summed E-state index contributed by atoms with van der Waals surface area (Å²) in [5, 5.41) is 9.13. The highest BCUT2D eigenvalue weighted by Gasteiger charge is 2.20. The van der Waals surface area contributed by atoms with Crippen molar-refractivity contribution in [1.29, 1.82) is 0 Å². The topological polar surface area (TPSA) is 89.2 Å². The van der Waals surface area contributed by atoms with Gasteiger partial charge < -0.3 is 23.9 Å². The molecule has 2 aromatic rings. The monoisotopic (exact) mass is 431 g/mol. The maximum absolute atomic E-state index is 13.3. The summed E-state index contributed by atoms with van der Waals surface area (Å²) in [4.78, 5) is 26.2. The van der Waals surface area contributed by atoms with E-state index in [9.17, 15) is 9.59 Å². The number of rotatable bonds is 12. The molecule has 0 fully saturated rings. The summed E-state index contributed by atoms with van der Waals surface area (Å²) >= 11 is 0. The first-order valence-electron chi connectivity index (χ1n) is 10.6. The number of methoxy groups -OCH3 is 2. The fourth-order valence-electron chi connectivity index (χ4n) is 3.48. The number of amides is 1. The molecule has 0 saturated carbocycles. The molecule has 1 amide bonds. The lowest BCUT2D eigenvalue weighted by Gasteiger charge is -2.24. The maximum Gasteiger partial charge on any atom is 0.306 e. The van der Waals surface area contributed by atoms with Crippen molar-refractivity contribution in [3.63, 3.8) is 0 Å². The average molecular weight is 432 g/mol. The van der Waals surface area contributed by atoms with Gasteiger partial charge in [0.15, 0.2) is 0 Å². The van der Waals surface area contributed by atoms with E-state index in [0.29, 0.717) is 43.0 Å². The van der Waals surface area contributed by atoms with Crippen LogP contribution < -0.4 is 9.47 Å². The van der Waals surface area contributed by atoms with E-state index in [1.165, 1.54) is 0 Å². The number of furan rings is 1. The van der Waals surface area contributed by atoms with Crippen molar-refractivity contribution in [2.24, 2.45) is 5.92 Å². The number of nitrogens with zero attached hydrogens (tertiary/aromatic N) is 1. The Balaban J connectivity index is 2.14. The van der Waals surface area contributed by atoms with E-state index in [1.54, 1.807) is 38.2 Å². The highest BCUT2D eigenvalue weighted by molar-refractivity contribution is 5.95. The van der Waals surface area contributed by atoms with E-state index in [1.807, 2.05) is 26.0 Å². The number of aliphatic carboxylic acids is 1. The Kier molecular flexibility index (Phi) is 8.97. The van der Waals surface area contributed by atoms with E-state index >= 15 is 0 Å². The van der Waals surface area contributed by atoms with Crippen molar-refractivity contribution in [3.8, 4) is 11.5 Å². The van der Waals surface area contributed by atoms with Crippen molar-refractivity contribution in [2.75, 3.05) is 27.3 Å². The molecule has 2 rings (SSSR count). The number of carboxylic acids is 1. The predicted octanol–water partition coefficient (Wildman–Crippen LogP) is 4.49. The lowest BCUT2D eigenvalue weighted by Crippen LogP contribution is -2.33. The number of ether oxygens (including phenoxy) is 2. The summed E-state index contributed by atoms with van der Waals surface area (Å²) < 4.78 is 16.4. The zero-order valence-electron chi connectivity index (χ0n) is 19.1. The third kappa shape index (κ3) is 6.77. The van der Waals surface area contributed by atoms with Gasteiger partial charge in [-0.3, -0.25) is 9.59 Å². The Bertz CT molecular complexity index is 863. The highest BCUT2D eigenvalue weighted by Crippen LogP contribution is 2.30.